The molecule has 0 heterocycles. The molecule has 0 spiro atoms. The summed E-state index contributed by atoms with van der Waals surface area (Å²) in [6, 6.07) is 0. The van der Waals surface area contributed by atoms with Gasteiger partial charge in [-0.25, -0.2) is 0 Å². The van der Waals surface area contributed by atoms with Gasteiger partial charge in [-0.1, -0.05) is 39.8 Å². The maximum absolute atomic E-state index is 2.36. The molecule has 0 N–H and O–H groups in total. The Morgan fingerprint density at radius 3 is 2.30 bits per heavy atom. The number of allylic oxidation sites excluding steroid dienone is 2. The van der Waals surface area contributed by atoms with Crippen molar-refractivity contribution >= 4 is 0 Å². The van der Waals surface area contributed by atoms with Crippen LogP contribution in [0.3, 0.4) is 0 Å². The molecule has 0 aliphatic heterocycles. The van der Waals surface area contributed by atoms with Crippen LogP contribution in [0, 0.1) is 17.3 Å². The molecule has 0 heteroatoms. The molecule has 0 saturated heterocycles. The van der Waals surface area contributed by atoms with Gasteiger partial charge in [0.2, 0.25) is 0 Å². The fourth-order valence-corrected chi connectivity index (χ4v) is 1.65. The summed E-state index contributed by atoms with van der Waals surface area (Å²) in [5, 5.41) is 0. The predicted molar refractivity (Wildman–Crippen MR) is 45.9 cm³/mol. The SMILES string of the molecule is C[C@@H]1[C@@H](C)C=CCC1(C)C. The lowest BCUT2D eigenvalue weighted by Gasteiger charge is -2.37. The quantitative estimate of drug-likeness (QED) is 0.451. The van der Waals surface area contributed by atoms with Crippen LogP contribution in [0.4, 0.5) is 0 Å². The normalized spacial score (nSPS) is 38.0. The van der Waals surface area contributed by atoms with Crippen LogP contribution >= 0.6 is 0 Å². The third kappa shape index (κ3) is 1.25. The summed E-state index contributed by atoms with van der Waals surface area (Å²) in [6.45, 7) is 9.38. The standard InChI is InChI=1S/C10H18/c1-8-6-5-7-10(3,4)9(8)2/h5-6,8-9H,7H2,1-4H3/t8-,9+/m0/s1. The van der Waals surface area contributed by atoms with Crippen LogP contribution in [0.25, 0.3) is 0 Å². The van der Waals surface area contributed by atoms with Crippen LogP contribution < -0.4 is 0 Å². The van der Waals surface area contributed by atoms with Crippen LogP contribution in [0.1, 0.15) is 34.1 Å². The molecular formula is C10H18. The Labute approximate surface area is 64.3 Å². The molecule has 0 aromatic heterocycles. The maximum atomic E-state index is 2.36. The molecule has 0 amide bonds. The molecule has 0 aromatic rings. The monoisotopic (exact) mass is 138 g/mol. The lowest BCUT2D eigenvalue weighted by molar-refractivity contribution is 0.179. The van der Waals surface area contributed by atoms with Crippen molar-refractivity contribution in [1.82, 2.24) is 0 Å². The van der Waals surface area contributed by atoms with Gasteiger partial charge in [-0.05, 0) is 23.7 Å². The van der Waals surface area contributed by atoms with E-state index in [0.717, 1.165) is 11.8 Å². The highest BCUT2D eigenvalue weighted by Crippen LogP contribution is 2.39. The molecule has 1 aliphatic carbocycles. The van der Waals surface area contributed by atoms with E-state index >= 15 is 0 Å². The van der Waals surface area contributed by atoms with E-state index in [1.54, 1.807) is 0 Å². The average Bonchev–Trinajstić information content (AvgIpc) is 1.83. The lowest BCUT2D eigenvalue weighted by atomic mass is 9.68. The van der Waals surface area contributed by atoms with Crippen LogP contribution in [0.5, 0.6) is 0 Å². The van der Waals surface area contributed by atoms with Crippen LogP contribution in [0.15, 0.2) is 12.2 Å². The van der Waals surface area contributed by atoms with Crippen molar-refractivity contribution in [1.29, 1.82) is 0 Å². The van der Waals surface area contributed by atoms with Crippen molar-refractivity contribution in [2.45, 2.75) is 34.1 Å². The Morgan fingerprint density at radius 2 is 1.90 bits per heavy atom. The van der Waals surface area contributed by atoms with E-state index in [-0.39, 0.29) is 0 Å². The van der Waals surface area contributed by atoms with Crippen molar-refractivity contribution < 1.29 is 0 Å². The smallest absolute Gasteiger partial charge is 0.0231 e. The van der Waals surface area contributed by atoms with Gasteiger partial charge in [0.15, 0.2) is 0 Å². The molecule has 2 atom stereocenters. The largest absolute Gasteiger partial charge is 0.0877 e. The first-order chi connectivity index (χ1) is 4.54. The van der Waals surface area contributed by atoms with E-state index < -0.39 is 0 Å². The predicted octanol–water partition coefficient (Wildman–Crippen LogP) is 3.24. The Morgan fingerprint density at radius 1 is 1.30 bits per heavy atom. The van der Waals surface area contributed by atoms with Crippen molar-refractivity contribution in [2.75, 3.05) is 0 Å². The summed E-state index contributed by atoms with van der Waals surface area (Å²) in [4.78, 5) is 0. The van der Waals surface area contributed by atoms with E-state index in [0.29, 0.717) is 5.41 Å². The summed E-state index contributed by atoms with van der Waals surface area (Å²) in [5.74, 6) is 1.60. The average molecular weight is 138 g/mol. The topological polar surface area (TPSA) is 0 Å². The molecular weight excluding hydrogens is 120 g/mol. The molecule has 10 heavy (non-hydrogen) atoms. The molecule has 0 nitrogen and oxygen atoms in total. The molecule has 58 valence electrons. The summed E-state index contributed by atoms with van der Waals surface area (Å²) < 4.78 is 0. The fraction of sp³-hybridized carbons (Fsp3) is 0.800. The van der Waals surface area contributed by atoms with Gasteiger partial charge in [-0.15, -0.1) is 0 Å². The zero-order chi connectivity index (χ0) is 7.78. The van der Waals surface area contributed by atoms with Crippen molar-refractivity contribution in [3.05, 3.63) is 12.2 Å². The van der Waals surface area contributed by atoms with Crippen molar-refractivity contribution in [3.8, 4) is 0 Å². The van der Waals surface area contributed by atoms with Crippen molar-refractivity contribution in [3.63, 3.8) is 0 Å². The van der Waals surface area contributed by atoms with Gasteiger partial charge in [-0.2, -0.15) is 0 Å². The molecule has 0 radical (unpaired) electrons. The third-order valence-corrected chi connectivity index (χ3v) is 3.10. The van der Waals surface area contributed by atoms with Crippen LogP contribution in [-0.2, 0) is 0 Å². The highest BCUT2D eigenvalue weighted by atomic mass is 14.3. The first kappa shape index (κ1) is 7.84. The van der Waals surface area contributed by atoms with Gasteiger partial charge >= 0.3 is 0 Å². The highest BCUT2D eigenvalue weighted by molar-refractivity contribution is 5.01. The lowest BCUT2D eigenvalue weighted by Crippen LogP contribution is -2.28. The minimum atomic E-state index is 0.522. The highest BCUT2D eigenvalue weighted by Gasteiger charge is 2.30. The van der Waals surface area contributed by atoms with Crippen molar-refractivity contribution in [2.24, 2.45) is 17.3 Å². The van der Waals surface area contributed by atoms with Gasteiger partial charge in [0.05, 0.1) is 0 Å². The molecule has 0 saturated carbocycles. The second-order valence-electron chi connectivity index (χ2n) is 4.27. The van der Waals surface area contributed by atoms with E-state index in [9.17, 15) is 0 Å². The van der Waals surface area contributed by atoms with Crippen LogP contribution in [-0.4, -0.2) is 0 Å². The Balaban J connectivity index is 2.75. The Hall–Kier alpha value is -0.260. The van der Waals surface area contributed by atoms with E-state index in [4.69, 9.17) is 0 Å². The maximum Gasteiger partial charge on any atom is -0.0231 e. The zero-order valence-electron chi connectivity index (χ0n) is 7.52. The molecule has 1 aliphatic rings. The second-order valence-corrected chi connectivity index (χ2v) is 4.27. The molecule has 1 rings (SSSR count). The van der Waals surface area contributed by atoms with Crippen LogP contribution in [0.2, 0.25) is 0 Å². The second kappa shape index (κ2) is 2.41. The van der Waals surface area contributed by atoms with Gasteiger partial charge < -0.3 is 0 Å². The molecule has 0 bridgehead atoms. The fourth-order valence-electron chi connectivity index (χ4n) is 1.65. The van der Waals surface area contributed by atoms with Gasteiger partial charge in [0.1, 0.15) is 0 Å². The summed E-state index contributed by atoms with van der Waals surface area (Å²) >= 11 is 0. The summed E-state index contributed by atoms with van der Waals surface area (Å²) in [7, 11) is 0. The number of hydrogen-bond acceptors (Lipinski definition) is 0. The summed E-state index contributed by atoms with van der Waals surface area (Å²) in [6.07, 6.45) is 5.92. The Kier molecular flexibility index (Phi) is 1.89. The first-order valence-corrected chi connectivity index (χ1v) is 4.21. The van der Waals surface area contributed by atoms with Gasteiger partial charge in [0.25, 0.3) is 0 Å². The minimum Gasteiger partial charge on any atom is -0.0877 e. The molecule has 0 unspecified atom stereocenters. The number of rotatable bonds is 0. The van der Waals surface area contributed by atoms with E-state index in [1.165, 1.54) is 6.42 Å². The number of hydrogen-bond donors (Lipinski definition) is 0. The van der Waals surface area contributed by atoms with E-state index in [1.807, 2.05) is 0 Å². The summed E-state index contributed by atoms with van der Waals surface area (Å²) in [5.41, 5.74) is 0.522. The van der Waals surface area contributed by atoms with E-state index in [2.05, 4.69) is 39.8 Å². The van der Waals surface area contributed by atoms with Gasteiger partial charge in [0, 0.05) is 0 Å². The molecule has 0 fully saturated rings. The zero-order valence-corrected chi connectivity index (χ0v) is 7.52. The molecule has 0 aromatic carbocycles. The van der Waals surface area contributed by atoms with Gasteiger partial charge in [-0.3, -0.25) is 0 Å². The first-order valence-electron chi connectivity index (χ1n) is 4.21. The third-order valence-electron chi connectivity index (χ3n) is 3.10. The minimum absolute atomic E-state index is 0.522. The Bertz CT molecular complexity index is 142.